The molecule has 3 heteroatoms. The van der Waals surface area contributed by atoms with Crippen molar-refractivity contribution in [1.82, 2.24) is 5.32 Å². The largest absolute Gasteiger partial charge is 0.413 e. The molecule has 0 spiro atoms. The Morgan fingerprint density at radius 1 is 1.43 bits per heavy atom. The second kappa shape index (κ2) is 5.88. The molecule has 1 aliphatic heterocycles. The highest BCUT2D eigenvalue weighted by Gasteiger charge is 2.27. The second-order valence-electron chi connectivity index (χ2n) is 4.95. The van der Waals surface area contributed by atoms with Crippen LogP contribution in [0.3, 0.4) is 0 Å². The van der Waals surface area contributed by atoms with E-state index in [-0.39, 0.29) is 0 Å². The molecule has 1 saturated heterocycles. The maximum atomic E-state index is 6.26. The van der Waals surface area contributed by atoms with Crippen molar-refractivity contribution in [3.05, 3.63) is 0 Å². The third kappa shape index (κ3) is 4.58. The average Bonchev–Trinajstić information content (AvgIpc) is 2.09. The van der Waals surface area contributed by atoms with E-state index in [0.717, 1.165) is 6.54 Å². The third-order valence-corrected chi connectivity index (χ3v) is 5.40. The molecular formula is C11H25NOSi. The van der Waals surface area contributed by atoms with Crippen molar-refractivity contribution < 1.29 is 4.43 Å². The van der Waals surface area contributed by atoms with Crippen LogP contribution < -0.4 is 5.32 Å². The standard InChI is InChI=1S/C11H25NOSi/c1-4-5-7-11-10-12-8-6-9-14(2,3)13-11/h11-12H,4-10H2,1-3H3. The summed E-state index contributed by atoms with van der Waals surface area (Å²) >= 11 is 0. The zero-order valence-corrected chi connectivity index (χ0v) is 10.9. The quantitative estimate of drug-likeness (QED) is 0.731. The van der Waals surface area contributed by atoms with Gasteiger partial charge in [-0.05, 0) is 38.5 Å². The zero-order chi connectivity index (χ0) is 10.4. The van der Waals surface area contributed by atoms with Gasteiger partial charge in [0.15, 0.2) is 8.32 Å². The molecule has 0 amide bonds. The predicted molar refractivity (Wildman–Crippen MR) is 64.2 cm³/mol. The van der Waals surface area contributed by atoms with E-state index in [9.17, 15) is 0 Å². The monoisotopic (exact) mass is 215 g/mol. The van der Waals surface area contributed by atoms with Crippen molar-refractivity contribution in [3.8, 4) is 0 Å². The van der Waals surface area contributed by atoms with Gasteiger partial charge in [-0.15, -0.1) is 0 Å². The molecule has 0 aromatic rings. The van der Waals surface area contributed by atoms with Crippen molar-refractivity contribution in [2.75, 3.05) is 13.1 Å². The van der Waals surface area contributed by atoms with Crippen LogP contribution in [0, 0.1) is 0 Å². The first-order valence-corrected chi connectivity index (χ1v) is 9.14. The summed E-state index contributed by atoms with van der Waals surface area (Å²) in [5, 5.41) is 3.48. The van der Waals surface area contributed by atoms with Gasteiger partial charge in [0.1, 0.15) is 0 Å². The Hall–Kier alpha value is 0.137. The maximum absolute atomic E-state index is 6.26. The Morgan fingerprint density at radius 2 is 2.21 bits per heavy atom. The predicted octanol–water partition coefficient (Wildman–Crippen LogP) is 2.76. The lowest BCUT2D eigenvalue weighted by molar-refractivity contribution is 0.169. The van der Waals surface area contributed by atoms with E-state index in [4.69, 9.17) is 4.43 Å². The van der Waals surface area contributed by atoms with Crippen LogP contribution >= 0.6 is 0 Å². The molecule has 0 radical (unpaired) electrons. The Kier molecular flexibility index (Phi) is 5.13. The van der Waals surface area contributed by atoms with Gasteiger partial charge in [-0.25, -0.2) is 0 Å². The molecule has 1 N–H and O–H groups in total. The van der Waals surface area contributed by atoms with Gasteiger partial charge in [0.05, 0.1) is 6.10 Å². The van der Waals surface area contributed by atoms with Crippen LogP contribution in [-0.4, -0.2) is 27.5 Å². The van der Waals surface area contributed by atoms with Gasteiger partial charge in [0.2, 0.25) is 0 Å². The summed E-state index contributed by atoms with van der Waals surface area (Å²) in [6.45, 7) is 9.21. The minimum Gasteiger partial charge on any atom is -0.413 e. The fourth-order valence-corrected chi connectivity index (χ4v) is 4.30. The van der Waals surface area contributed by atoms with Crippen LogP contribution in [0.4, 0.5) is 0 Å². The Labute approximate surface area is 89.6 Å². The molecule has 1 fully saturated rings. The molecule has 0 saturated carbocycles. The minimum absolute atomic E-state index is 0.483. The average molecular weight is 215 g/mol. The highest BCUT2D eigenvalue weighted by Crippen LogP contribution is 2.19. The van der Waals surface area contributed by atoms with E-state index in [2.05, 4.69) is 25.3 Å². The van der Waals surface area contributed by atoms with Gasteiger partial charge in [0.25, 0.3) is 0 Å². The van der Waals surface area contributed by atoms with Crippen LogP contribution in [0.5, 0.6) is 0 Å². The summed E-state index contributed by atoms with van der Waals surface area (Å²) in [5.41, 5.74) is 0. The fourth-order valence-electron chi connectivity index (χ4n) is 2.05. The number of nitrogens with one attached hydrogen (secondary N) is 1. The van der Waals surface area contributed by atoms with Crippen molar-refractivity contribution in [2.24, 2.45) is 0 Å². The first-order chi connectivity index (χ1) is 6.64. The van der Waals surface area contributed by atoms with E-state index < -0.39 is 8.32 Å². The van der Waals surface area contributed by atoms with Crippen molar-refractivity contribution in [3.63, 3.8) is 0 Å². The molecule has 1 unspecified atom stereocenters. The first-order valence-electron chi connectivity index (χ1n) is 6.02. The van der Waals surface area contributed by atoms with E-state index >= 15 is 0 Å². The van der Waals surface area contributed by atoms with Crippen LogP contribution in [-0.2, 0) is 4.43 Å². The molecular weight excluding hydrogens is 190 g/mol. The zero-order valence-electron chi connectivity index (χ0n) is 9.94. The van der Waals surface area contributed by atoms with Crippen LogP contribution in [0.15, 0.2) is 0 Å². The maximum Gasteiger partial charge on any atom is 0.187 e. The van der Waals surface area contributed by atoms with Crippen molar-refractivity contribution in [1.29, 1.82) is 0 Å². The molecule has 84 valence electrons. The van der Waals surface area contributed by atoms with Gasteiger partial charge in [-0.3, -0.25) is 0 Å². The first kappa shape index (κ1) is 12.2. The molecule has 2 nitrogen and oxygen atoms in total. The van der Waals surface area contributed by atoms with Gasteiger partial charge in [-0.1, -0.05) is 19.8 Å². The molecule has 14 heavy (non-hydrogen) atoms. The Bertz CT molecular complexity index is 159. The van der Waals surface area contributed by atoms with Gasteiger partial charge >= 0.3 is 0 Å². The summed E-state index contributed by atoms with van der Waals surface area (Å²) in [4.78, 5) is 0. The number of hydrogen-bond donors (Lipinski definition) is 1. The summed E-state index contributed by atoms with van der Waals surface area (Å²) in [6.07, 6.45) is 5.59. The third-order valence-electron chi connectivity index (χ3n) is 2.87. The molecule has 0 bridgehead atoms. The lowest BCUT2D eigenvalue weighted by Crippen LogP contribution is -2.43. The van der Waals surface area contributed by atoms with Gasteiger partial charge in [-0.2, -0.15) is 0 Å². The van der Waals surface area contributed by atoms with Gasteiger partial charge in [0, 0.05) is 6.54 Å². The van der Waals surface area contributed by atoms with Crippen molar-refractivity contribution >= 4 is 8.32 Å². The Morgan fingerprint density at radius 3 is 2.93 bits per heavy atom. The SMILES string of the molecule is CCCCC1CNCCC[Si](C)(C)O1. The molecule has 1 heterocycles. The highest BCUT2D eigenvalue weighted by atomic mass is 28.4. The molecule has 1 rings (SSSR count). The topological polar surface area (TPSA) is 21.3 Å². The lowest BCUT2D eigenvalue weighted by atomic mass is 10.1. The molecule has 1 aliphatic rings. The number of hydrogen-bond acceptors (Lipinski definition) is 2. The van der Waals surface area contributed by atoms with Crippen LogP contribution in [0.2, 0.25) is 19.1 Å². The fraction of sp³-hybridized carbons (Fsp3) is 1.00. The molecule has 0 aliphatic carbocycles. The summed E-state index contributed by atoms with van der Waals surface area (Å²) in [5.74, 6) is 0. The van der Waals surface area contributed by atoms with Crippen LogP contribution in [0.1, 0.15) is 32.6 Å². The van der Waals surface area contributed by atoms with E-state index in [1.54, 1.807) is 0 Å². The smallest absolute Gasteiger partial charge is 0.187 e. The van der Waals surface area contributed by atoms with E-state index in [1.807, 2.05) is 0 Å². The summed E-state index contributed by atoms with van der Waals surface area (Å²) < 4.78 is 6.26. The van der Waals surface area contributed by atoms with E-state index in [1.165, 1.54) is 38.3 Å². The van der Waals surface area contributed by atoms with Gasteiger partial charge < -0.3 is 9.74 Å². The summed E-state index contributed by atoms with van der Waals surface area (Å²) in [7, 11) is -1.33. The number of rotatable bonds is 3. The molecule has 0 aromatic carbocycles. The molecule has 0 aromatic heterocycles. The summed E-state index contributed by atoms with van der Waals surface area (Å²) in [6, 6.07) is 1.31. The Balaban J connectivity index is 2.38. The van der Waals surface area contributed by atoms with Crippen LogP contribution in [0.25, 0.3) is 0 Å². The molecule has 1 atom stereocenters. The highest BCUT2D eigenvalue weighted by molar-refractivity contribution is 6.71. The number of unbranched alkanes of at least 4 members (excludes halogenated alkanes) is 1. The lowest BCUT2D eigenvalue weighted by Gasteiger charge is -2.32. The second-order valence-corrected chi connectivity index (χ2v) is 9.20. The normalized spacial score (nSPS) is 28.1. The van der Waals surface area contributed by atoms with Crippen molar-refractivity contribution in [2.45, 2.75) is 57.8 Å². The minimum atomic E-state index is -1.33. The van der Waals surface area contributed by atoms with E-state index in [0.29, 0.717) is 6.10 Å².